The lowest BCUT2D eigenvalue weighted by atomic mass is 10.2. The van der Waals surface area contributed by atoms with Crippen molar-refractivity contribution in [3.8, 4) is 5.75 Å². The summed E-state index contributed by atoms with van der Waals surface area (Å²) in [6, 6.07) is 14.3. The van der Waals surface area contributed by atoms with Gasteiger partial charge in [0.2, 0.25) is 0 Å². The second kappa shape index (κ2) is 8.23. The van der Waals surface area contributed by atoms with Gasteiger partial charge in [-0.15, -0.1) is 0 Å². The van der Waals surface area contributed by atoms with Crippen LogP contribution in [-0.4, -0.2) is 31.6 Å². The van der Waals surface area contributed by atoms with Gasteiger partial charge >= 0.3 is 12.6 Å². The van der Waals surface area contributed by atoms with Crippen LogP contribution in [0.3, 0.4) is 0 Å². The molecule has 1 unspecified atom stereocenters. The Kier molecular flexibility index (Phi) is 6.05. The quantitative estimate of drug-likeness (QED) is 0.749. The minimum Gasteiger partial charge on any atom is -0.449 e. The van der Waals surface area contributed by atoms with Crippen molar-refractivity contribution in [2.75, 3.05) is 11.9 Å². The van der Waals surface area contributed by atoms with E-state index in [-0.39, 0.29) is 11.3 Å². The lowest BCUT2D eigenvalue weighted by Gasteiger charge is -2.21. The monoisotopic (exact) mass is 349 g/mol. The SMILES string of the molecule is CC(OC(=O)c1ccccc1OC(F)F)C(=O)N(C)c1ccccc1. The molecule has 25 heavy (non-hydrogen) atoms. The van der Waals surface area contributed by atoms with Crippen LogP contribution in [-0.2, 0) is 9.53 Å². The van der Waals surface area contributed by atoms with E-state index in [1.54, 1.807) is 31.3 Å². The number of nitrogens with zero attached hydrogens (tertiary/aromatic N) is 1. The van der Waals surface area contributed by atoms with Crippen LogP contribution in [0.2, 0.25) is 0 Å². The first-order chi connectivity index (χ1) is 11.9. The summed E-state index contributed by atoms with van der Waals surface area (Å²) in [7, 11) is 1.55. The minimum absolute atomic E-state index is 0.176. The average molecular weight is 349 g/mol. The Morgan fingerprint density at radius 1 is 1.00 bits per heavy atom. The standard InChI is InChI=1S/C18H17F2NO4/c1-12(16(22)21(2)13-8-4-3-5-9-13)24-17(23)14-10-6-7-11-15(14)25-18(19)20/h3-12,18H,1-2H3. The Morgan fingerprint density at radius 2 is 1.60 bits per heavy atom. The molecule has 1 atom stereocenters. The number of amides is 1. The third kappa shape index (κ3) is 4.76. The molecule has 0 N–H and O–H groups in total. The molecule has 2 aromatic carbocycles. The van der Waals surface area contributed by atoms with Crippen LogP contribution in [0.1, 0.15) is 17.3 Å². The molecule has 2 rings (SSSR count). The first kappa shape index (κ1) is 18.4. The summed E-state index contributed by atoms with van der Waals surface area (Å²) in [6.45, 7) is -1.66. The molecule has 1 amide bonds. The number of hydrogen-bond acceptors (Lipinski definition) is 4. The number of alkyl halides is 2. The van der Waals surface area contributed by atoms with Crippen LogP contribution >= 0.6 is 0 Å². The van der Waals surface area contributed by atoms with Gasteiger partial charge in [-0.1, -0.05) is 30.3 Å². The minimum atomic E-state index is -3.07. The molecule has 0 spiro atoms. The van der Waals surface area contributed by atoms with Gasteiger partial charge in [0.1, 0.15) is 11.3 Å². The van der Waals surface area contributed by atoms with E-state index in [1.165, 1.54) is 36.1 Å². The smallest absolute Gasteiger partial charge is 0.387 e. The second-order valence-corrected chi connectivity index (χ2v) is 5.16. The van der Waals surface area contributed by atoms with Gasteiger partial charge in [-0.2, -0.15) is 8.78 Å². The van der Waals surface area contributed by atoms with E-state index in [9.17, 15) is 18.4 Å². The Hall–Kier alpha value is -2.96. The zero-order chi connectivity index (χ0) is 18.4. The summed E-state index contributed by atoms with van der Waals surface area (Å²) in [5.41, 5.74) is 0.460. The zero-order valence-corrected chi connectivity index (χ0v) is 13.7. The van der Waals surface area contributed by atoms with Gasteiger partial charge in [0.05, 0.1) is 0 Å². The molecule has 7 heteroatoms. The molecule has 0 saturated carbocycles. The molecule has 0 radical (unpaired) electrons. The Labute approximate surface area is 143 Å². The molecule has 0 aliphatic heterocycles. The molecule has 0 saturated heterocycles. The van der Waals surface area contributed by atoms with E-state index < -0.39 is 24.6 Å². The van der Waals surface area contributed by atoms with Crippen LogP contribution < -0.4 is 9.64 Å². The highest BCUT2D eigenvalue weighted by Gasteiger charge is 2.25. The van der Waals surface area contributed by atoms with Gasteiger partial charge in [-0.25, -0.2) is 4.79 Å². The highest BCUT2D eigenvalue weighted by molar-refractivity contribution is 5.99. The number of hydrogen-bond donors (Lipinski definition) is 0. The molecule has 0 fully saturated rings. The predicted molar refractivity (Wildman–Crippen MR) is 87.8 cm³/mol. The maximum atomic E-state index is 12.4. The van der Waals surface area contributed by atoms with Crippen LogP contribution in [0, 0.1) is 0 Å². The highest BCUT2D eigenvalue weighted by atomic mass is 19.3. The van der Waals surface area contributed by atoms with Crippen molar-refractivity contribution >= 4 is 17.6 Å². The first-order valence-electron chi connectivity index (χ1n) is 7.47. The number of para-hydroxylation sites is 2. The zero-order valence-electron chi connectivity index (χ0n) is 13.7. The predicted octanol–water partition coefficient (Wildman–Crippen LogP) is 3.50. The number of likely N-dealkylation sites (N-methyl/N-ethyl adjacent to an activating group) is 1. The van der Waals surface area contributed by atoms with Crippen LogP contribution in [0.4, 0.5) is 14.5 Å². The van der Waals surface area contributed by atoms with Crippen molar-refractivity contribution in [3.63, 3.8) is 0 Å². The maximum absolute atomic E-state index is 12.4. The van der Waals surface area contributed by atoms with Crippen molar-refractivity contribution in [3.05, 3.63) is 60.2 Å². The molecule has 5 nitrogen and oxygen atoms in total. The molecular formula is C18H17F2NO4. The summed E-state index contributed by atoms with van der Waals surface area (Å²) in [5.74, 6) is -1.68. The number of halogens is 2. The van der Waals surface area contributed by atoms with Crippen molar-refractivity contribution < 1.29 is 27.8 Å². The largest absolute Gasteiger partial charge is 0.449 e. The second-order valence-electron chi connectivity index (χ2n) is 5.16. The number of benzene rings is 2. The fourth-order valence-corrected chi connectivity index (χ4v) is 2.16. The number of carbonyl (C=O) groups is 2. The molecule has 0 bridgehead atoms. The number of ether oxygens (including phenoxy) is 2. The van der Waals surface area contributed by atoms with Crippen LogP contribution in [0.15, 0.2) is 54.6 Å². The van der Waals surface area contributed by atoms with Crippen molar-refractivity contribution in [2.45, 2.75) is 19.6 Å². The van der Waals surface area contributed by atoms with Gasteiger partial charge in [0.15, 0.2) is 6.10 Å². The molecule has 0 aliphatic rings. The number of esters is 1. The number of rotatable bonds is 6. The summed E-state index contributed by atoms with van der Waals surface area (Å²) in [5, 5.41) is 0. The topological polar surface area (TPSA) is 55.8 Å². The van der Waals surface area contributed by atoms with E-state index in [2.05, 4.69) is 4.74 Å². The van der Waals surface area contributed by atoms with Crippen LogP contribution in [0.25, 0.3) is 0 Å². The van der Waals surface area contributed by atoms with Crippen molar-refractivity contribution in [1.82, 2.24) is 0 Å². The van der Waals surface area contributed by atoms with Gasteiger partial charge in [-0.3, -0.25) is 4.79 Å². The fraction of sp³-hybridized carbons (Fsp3) is 0.222. The van der Waals surface area contributed by atoms with Crippen molar-refractivity contribution in [1.29, 1.82) is 0 Å². The summed E-state index contributed by atoms with van der Waals surface area (Å²) in [6.07, 6.45) is -1.10. The molecule has 132 valence electrons. The van der Waals surface area contributed by atoms with E-state index in [4.69, 9.17) is 4.74 Å². The summed E-state index contributed by atoms with van der Waals surface area (Å²) in [4.78, 5) is 25.9. The third-order valence-electron chi connectivity index (χ3n) is 3.43. The molecular weight excluding hydrogens is 332 g/mol. The first-order valence-corrected chi connectivity index (χ1v) is 7.47. The molecule has 0 aliphatic carbocycles. The third-order valence-corrected chi connectivity index (χ3v) is 3.43. The van der Waals surface area contributed by atoms with Crippen LogP contribution in [0.5, 0.6) is 5.75 Å². The Morgan fingerprint density at radius 3 is 2.24 bits per heavy atom. The van der Waals surface area contributed by atoms with Gasteiger partial charge in [-0.05, 0) is 31.2 Å². The summed E-state index contributed by atoms with van der Waals surface area (Å²) >= 11 is 0. The van der Waals surface area contributed by atoms with Gasteiger partial charge in [0.25, 0.3) is 5.91 Å². The van der Waals surface area contributed by atoms with E-state index >= 15 is 0 Å². The lowest BCUT2D eigenvalue weighted by molar-refractivity contribution is -0.126. The Bertz CT molecular complexity index is 737. The van der Waals surface area contributed by atoms with Gasteiger partial charge in [0, 0.05) is 12.7 Å². The number of carbonyl (C=O) groups excluding carboxylic acids is 2. The maximum Gasteiger partial charge on any atom is 0.387 e. The molecule has 2 aromatic rings. The van der Waals surface area contributed by atoms with Crippen molar-refractivity contribution in [2.24, 2.45) is 0 Å². The van der Waals surface area contributed by atoms with E-state index in [1.807, 2.05) is 6.07 Å². The number of anilines is 1. The Balaban J connectivity index is 2.09. The average Bonchev–Trinajstić information content (AvgIpc) is 2.61. The van der Waals surface area contributed by atoms with E-state index in [0.717, 1.165) is 0 Å². The fourth-order valence-electron chi connectivity index (χ4n) is 2.16. The highest BCUT2D eigenvalue weighted by Crippen LogP contribution is 2.22. The lowest BCUT2D eigenvalue weighted by Crippen LogP contribution is -2.37. The molecule has 0 aromatic heterocycles. The normalized spacial score (nSPS) is 11.7. The van der Waals surface area contributed by atoms with E-state index in [0.29, 0.717) is 5.69 Å². The van der Waals surface area contributed by atoms with Gasteiger partial charge < -0.3 is 14.4 Å². The molecule has 0 heterocycles. The summed E-state index contributed by atoms with van der Waals surface area (Å²) < 4.78 is 34.2.